The van der Waals surface area contributed by atoms with Gasteiger partial charge in [-0.25, -0.2) is 9.97 Å². The zero-order chi connectivity index (χ0) is 15.2. The van der Waals surface area contributed by atoms with Crippen molar-refractivity contribution in [3.05, 3.63) is 16.3 Å². The van der Waals surface area contributed by atoms with Crippen LogP contribution >= 0.6 is 11.3 Å². The van der Waals surface area contributed by atoms with Crippen molar-refractivity contribution < 1.29 is 4.74 Å². The number of ether oxygens (including phenoxy) is 1. The van der Waals surface area contributed by atoms with Crippen LogP contribution in [0.25, 0.3) is 10.2 Å². The van der Waals surface area contributed by atoms with Crippen molar-refractivity contribution >= 4 is 27.4 Å². The summed E-state index contributed by atoms with van der Waals surface area (Å²) < 4.78 is 5.56. The lowest BCUT2D eigenvalue weighted by molar-refractivity contribution is -0.0562. The zero-order valence-corrected chi connectivity index (χ0v) is 13.9. The molecule has 1 saturated heterocycles. The Bertz CT molecular complexity index is 680. The van der Waals surface area contributed by atoms with Crippen molar-refractivity contribution in [2.24, 2.45) is 0 Å². The summed E-state index contributed by atoms with van der Waals surface area (Å²) >= 11 is 1.69. The van der Waals surface area contributed by atoms with Crippen molar-refractivity contribution in [2.75, 3.05) is 25.5 Å². The average Bonchev–Trinajstić information content (AvgIpc) is 2.68. The number of aryl methyl sites for hydroxylation is 2. The summed E-state index contributed by atoms with van der Waals surface area (Å²) in [5.74, 6) is 1.40. The van der Waals surface area contributed by atoms with Gasteiger partial charge in [0, 0.05) is 17.0 Å². The van der Waals surface area contributed by atoms with E-state index in [9.17, 15) is 0 Å². The molecule has 0 unspecified atom stereocenters. The first-order valence-electron chi connectivity index (χ1n) is 7.23. The minimum Gasteiger partial charge on any atom is -0.383 e. The fraction of sp³-hybridized carbons (Fsp3) is 0.600. The number of morpholine rings is 1. The molecule has 3 rings (SSSR count). The monoisotopic (exact) mass is 306 g/mol. The molecule has 114 valence electrons. The average molecular weight is 306 g/mol. The molecular formula is C15H22N4OS. The fourth-order valence-corrected chi connectivity index (χ4v) is 3.81. The van der Waals surface area contributed by atoms with E-state index in [2.05, 4.69) is 37.6 Å². The maximum Gasteiger partial charge on any atom is 0.146 e. The van der Waals surface area contributed by atoms with Gasteiger partial charge in [0.1, 0.15) is 16.5 Å². The number of aromatic nitrogens is 2. The fourth-order valence-electron chi connectivity index (χ4n) is 2.75. The second-order valence-electron chi connectivity index (χ2n) is 6.28. The van der Waals surface area contributed by atoms with Crippen LogP contribution in [0.15, 0.2) is 0 Å². The minimum atomic E-state index is 0.00656. The third kappa shape index (κ3) is 2.63. The van der Waals surface area contributed by atoms with Crippen LogP contribution in [0.5, 0.6) is 0 Å². The Morgan fingerprint density at radius 2 is 2.10 bits per heavy atom. The SMILES string of the molecule is Cc1sc2nc(CN3CCOCC3(C)C)nc(N)c2c1C. The molecule has 1 aliphatic rings. The number of fused-ring (bicyclic) bond motifs is 1. The summed E-state index contributed by atoms with van der Waals surface area (Å²) in [6.07, 6.45) is 0. The number of hydrogen-bond acceptors (Lipinski definition) is 6. The van der Waals surface area contributed by atoms with Gasteiger partial charge in [-0.3, -0.25) is 4.90 Å². The lowest BCUT2D eigenvalue weighted by Crippen LogP contribution is -2.52. The molecule has 5 nitrogen and oxygen atoms in total. The molecule has 1 aliphatic heterocycles. The van der Waals surface area contributed by atoms with E-state index in [1.807, 2.05) is 0 Å². The zero-order valence-electron chi connectivity index (χ0n) is 13.1. The Morgan fingerprint density at radius 1 is 1.33 bits per heavy atom. The molecule has 21 heavy (non-hydrogen) atoms. The first-order chi connectivity index (χ1) is 9.88. The Kier molecular flexibility index (Phi) is 3.63. The van der Waals surface area contributed by atoms with Crippen LogP contribution in [0.4, 0.5) is 5.82 Å². The van der Waals surface area contributed by atoms with Crippen LogP contribution in [0, 0.1) is 13.8 Å². The molecule has 0 aliphatic carbocycles. The molecule has 2 aromatic heterocycles. The lowest BCUT2D eigenvalue weighted by Gasteiger charge is -2.41. The highest BCUT2D eigenvalue weighted by molar-refractivity contribution is 7.18. The molecular weight excluding hydrogens is 284 g/mol. The van der Waals surface area contributed by atoms with E-state index in [0.29, 0.717) is 12.4 Å². The van der Waals surface area contributed by atoms with Crippen molar-refractivity contribution in [1.29, 1.82) is 0 Å². The Hall–Kier alpha value is -1.24. The molecule has 0 radical (unpaired) electrons. The molecule has 2 N–H and O–H groups in total. The summed E-state index contributed by atoms with van der Waals surface area (Å²) in [5.41, 5.74) is 7.36. The Balaban J connectivity index is 1.94. The Morgan fingerprint density at radius 3 is 2.81 bits per heavy atom. The van der Waals surface area contributed by atoms with Crippen LogP contribution < -0.4 is 5.73 Å². The van der Waals surface area contributed by atoms with Crippen LogP contribution in [0.2, 0.25) is 0 Å². The molecule has 1 fully saturated rings. The topological polar surface area (TPSA) is 64.3 Å². The van der Waals surface area contributed by atoms with Crippen LogP contribution in [-0.2, 0) is 11.3 Å². The molecule has 6 heteroatoms. The van der Waals surface area contributed by atoms with Gasteiger partial charge in [0.05, 0.1) is 25.1 Å². The quantitative estimate of drug-likeness (QED) is 0.923. The lowest BCUT2D eigenvalue weighted by atomic mass is 10.0. The highest BCUT2D eigenvalue weighted by Crippen LogP contribution is 2.32. The van der Waals surface area contributed by atoms with E-state index in [1.54, 1.807) is 11.3 Å². The van der Waals surface area contributed by atoms with Gasteiger partial charge in [-0.15, -0.1) is 11.3 Å². The van der Waals surface area contributed by atoms with Gasteiger partial charge in [0.2, 0.25) is 0 Å². The highest BCUT2D eigenvalue weighted by atomic mass is 32.1. The smallest absolute Gasteiger partial charge is 0.146 e. The number of nitrogens with two attached hydrogens (primary N) is 1. The van der Waals surface area contributed by atoms with E-state index >= 15 is 0 Å². The van der Waals surface area contributed by atoms with Gasteiger partial charge >= 0.3 is 0 Å². The minimum absolute atomic E-state index is 0.00656. The molecule has 0 aromatic carbocycles. The predicted molar refractivity (Wildman–Crippen MR) is 86.6 cm³/mol. The first-order valence-corrected chi connectivity index (χ1v) is 8.05. The number of nitrogens with zero attached hydrogens (tertiary/aromatic N) is 3. The molecule has 2 aromatic rings. The van der Waals surface area contributed by atoms with E-state index in [1.165, 1.54) is 10.4 Å². The van der Waals surface area contributed by atoms with E-state index < -0.39 is 0 Å². The molecule has 3 heterocycles. The largest absolute Gasteiger partial charge is 0.383 e. The second-order valence-corrected chi connectivity index (χ2v) is 7.48. The van der Waals surface area contributed by atoms with Crippen molar-refractivity contribution in [3.8, 4) is 0 Å². The summed E-state index contributed by atoms with van der Waals surface area (Å²) in [7, 11) is 0. The van der Waals surface area contributed by atoms with Gasteiger partial charge in [-0.2, -0.15) is 0 Å². The van der Waals surface area contributed by atoms with Gasteiger partial charge < -0.3 is 10.5 Å². The van der Waals surface area contributed by atoms with E-state index in [0.717, 1.165) is 35.8 Å². The van der Waals surface area contributed by atoms with Gasteiger partial charge in [0.15, 0.2) is 0 Å². The number of hydrogen-bond donors (Lipinski definition) is 1. The number of nitrogen functional groups attached to an aromatic ring is 1. The van der Waals surface area contributed by atoms with Crippen LogP contribution in [0.1, 0.15) is 30.1 Å². The maximum atomic E-state index is 6.16. The Labute approximate surface area is 129 Å². The van der Waals surface area contributed by atoms with Gasteiger partial charge in [-0.05, 0) is 33.3 Å². The van der Waals surface area contributed by atoms with E-state index in [4.69, 9.17) is 15.5 Å². The van der Waals surface area contributed by atoms with Gasteiger partial charge in [0.25, 0.3) is 0 Å². The maximum absolute atomic E-state index is 6.16. The molecule has 0 bridgehead atoms. The van der Waals surface area contributed by atoms with Crippen LogP contribution in [-0.4, -0.2) is 40.2 Å². The molecule has 0 atom stereocenters. The summed E-state index contributed by atoms with van der Waals surface area (Å²) in [4.78, 5) is 13.9. The second kappa shape index (κ2) is 5.19. The summed E-state index contributed by atoms with van der Waals surface area (Å²) in [6.45, 7) is 11.7. The molecule has 0 spiro atoms. The van der Waals surface area contributed by atoms with Crippen LogP contribution in [0.3, 0.4) is 0 Å². The van der Waals surface area contributed by atoms with Gasteiger partial charge in [-0.1, -0.05) is 0 Å². The number of thiophene rings is 1. The standard InChI is InChI=1S/C15H22N4OS/c1-9-10(2)21-14-12(9)13(16)17-11(18-14)7-19-5-6-20-8-15(19,3)4/h5-8H2,1-4H3,(H2,16,17,18). The normalized spacial score (nSPS) is 19.2. The number of anilines is 1. The first kappa shape index (κ1) is 14.7. The van der Waals surface area contributed by atoms with Crippen molar-refractivity contribution in [1.82, 2.24) is 14.9 Å². The number of rotatable bonds is 2. The van der Waals surface area contributed by atoms with Crippen molar-refractivity contribution in [2.45, 2.75) is 39.8 Å². The third-order valence-corrected chi connectivity index (χ3v) is 5.35. The summed E-state index contributed by atoms with van der Waals surface area (Å²) in [5, 5.41) is 1.02. The molecule has 0 amide bonds. The summed E-state index contributed by atoms with van der Waals surface area (Å²) in [6, 6.07) is 0. The highest BCUT2D eigenvalue weighted by Gasteiger charge is 2.31. The third-order valence-electron chi connectivity index (χ3n) is 4.25. The van der Waals surface area contributed by atoms with E-state index in [-0.39, 0.29) is 5.54 Å². The molecule has 0 saturated carbocycles. The predicted octanol–water partition coefficient (Wildman–Crippen LogP) is 2.50. The van der Waals surface area contributed by atoms with Crippen molar-refractivity contribution in [3.63, 3.8) is 0 Å².